The SMILES string of the molecule is Cc1cc(C)cc(-c2ncnc3cc(C4CCCC4)ccc23)c1. The molecule has 4 rings (SSSR count). The lowest BCUT2D eigenvalue weighted by Gasteiger charge is -2.12. The Kier molecular flexibility index (Phi) is 3.60. The summed E-state index contributed by atoms with van der Waals surface area (Å²) >= 11 is 0. The lowest BCUT2D eigenvalue weighted by Crippen LogP contribution is -1.95. The van der Waals surface area contributed by atoms with Gasteiger partial charge in [-0.05, 0) is 56.4 Å². The van der Waals surface area contributed by atoms with Crippen LogP contribution in [0.3, 0.4) is 0 Å². The average molecular weight is 302 g/mol. The van der Waals surface area contributed by atoms with Gasteiger partial charge in [-0.25, -0.2) is 9.97 Å². The van der Waals surface area contributed by atoms with E-state index in [0.717, 1.165) is 22.5 Å². The van der Waals surface area contributed by atoms with E-state index in [9.17, 15) is 0 Å². The Hall–Kier alpha value is -2.22. The molecule has 0 atom stereocenters. The average Bonchev–Trinajstić information content (AvgIpc) is 3.07. The molecule has 116 valence electrons. The Morgan fingerprint density at radius 2 is 1.61 bits per heavy atom. The van der Waals surface area contributed by atoms with Gasteiger partial charge in [0.2, 0.25) is 0 Å². The van der Waals surface area contributed by atoms with Crippen LogP contribution in [-0.4, -0.2) is 9.97 Å². The first-order valence-corrected chi connectivity index (χ1v) is 8.54. The molecule has 2 nitrogen and oxygen atoms in total. The van der Waals surface area contributed by atoms with Crippen LogP contribution in [0.1, 0.15) is 48.3 Å². The van der Waals surface area contributed by atoms with Crippen molar-refractivity contribution in [3.05, 3.63) is 59.4 Å². The van der Waals surface area contributed by atoms with Gasteiger partial charge in [0.1, 0.15) is 6.33 Å². The molecule has 0 unspecified atom stereocenters. The van der Waals surface area contributed by atoms with Crippen LogP contribution >= 0.6 is 0 Å². The smallest absolute Gasteiger partial charge is 0.116 e. The Bertz CT molecular complexity index is 841. The van der Waals surface area contributed by atoms with Crippen molar-refractivity contribution in [3.8, 4) is 11.3 Å². The summed E-state index contributed by atoms with van der Waals surface area (Å²) in [7, 11) is 0. The molecule has 0 radical (unpaired) electrons. The van der Waals surface area contributed by atoms with Crippen molar-refractivity contribution in [1.82, 2.24) is 9.97 Å². The Morgan fingerprint density at radius 3 is 2.35 bits per heavy atom. The predicted molar refractivity (Wildman–Crippen MR) is 95.7 cm³/mol. The van der Waals surface area contributed by atoms with Crippen molar-refractivity contribution in [2.75, 3.05) is 0 Å². The van der Waals surface area contributed by atoms with E-state index in [4.69, 9.17) is 0 Å². The van der Waals surface area contributed by atoms with Crippen LogP contribution in [0.2, 0.25) is 0 Å². The molecule has 2 aromatic carbocycles. The third kappa shape index (κ3) is 2.74. The lowest BCUT2D eigenvalue weighted by atomic mass is 9.95. The predicted octanol–water partition coefficient (Wildman–Crippen LogP) is 5.57. The molecular weight excluding hydrogens is 280 g/mol. The number of hydrogen-bond donors (Lipinski definition) is 0. The summed E-state index contributed by atoms with van der Waals surface area (Å²) in [6.07, 6.45) is 7.06. The van der Waals surface area contributed by atoms with Crippen molar-refractivity contribution < 1.29 is 0 Å². The molecule has 1 aliphatic rings. The third-order valence-corrected chi connectivity index (χ3v) is 4.98. The van der Waals surface area contributed by atoms with Gasteiger partial charge < -0.3 is 0 Å². The zero-order valence-corrected chi connectivity index (χ0v) is 13.8. The van der Waals surface area contributed by atoms with Gasteiger partial charge >= 0.3 is 0 Å². The molecule has 2 heteroatoms. The fourth-order valence-electron chi connectivity index (χ4n) is 3.93. The summed E-state index contributed by atoms with van der Waals surface area (Å²) in [5.41, 5.74) is 7.28. The van der Waals surface area contributed by atoms with Gasteiger partial charge in [0, 0.05) is 10.9 Å². The number of benzene rings is 2. The quantitative estimate of drug-likeness (QED) is 0.618. The lowest BCUT2D eigenvalue weighted by molar-refractivity contribution is 0.724. The molecule has 0 amide bonds. The minimum Gasteiger partial charge on any atom is -0.236 e. The largest absolute Gasteiger partial charge is 0.236 e. The number of aryl methyl sites for hydroxylation is 2. The van der Waals surface area contributed by atoms with Gasteiger partial charge in [-0.2, -0.15) is 0 Å². The first kappa shape index (κ1) is 14.4. The monoisotopic (exact) mass is 302 g/mol. The Labute approximate surface area is 137 Å². The van der Waals surface area contributed by atoms with E-state index in [0.29, 0.717) is 0 Å². The second-order valence-electron chi connectivity index (χ2n) is 6.86. The van der Waals surface area contributed by atoms with Crippen LogP contribution in [0.15, 0.2) is 42.7 Å². The van der Waals surface area contributed by atoms with Crippen molar-refractivity contribution in [3.63, 3.8) is 0 Å². The molecule has 1 heterocycles. The van der Waals surface area contributed by atoms with Crippen LogP contribution in [0.4, 0.5) is 0 Å². The van der Waals surface area contributed by atoms with Crippen LogP contribution in [0.25, 0.3) is 22.2 Å². The highest BCUT2D eigenvalue weighted by atomic mass is 14.8. The fourth-order valence-corrected chi connectivity index (χ4v) is 3.93. The molecule has 0 saturated heterocycles. The number of rotatable bonds is 2. The molecule has 0 bridgehead atoms. The third-order valence-electron chi connectivity index (χ3n) is 4.98. The normalized spacial score (nSPS) is 15.4. The second-order valence-corrected chi connectivity index (χ2v) is 6.86. The summed E-state index contributed by atoms with van der Waals surface area (Å²) in [6.45, 7) is 4.27. The van der Waals surface area contributed by atoms with Crippen LogP contribution in [-0.2, 0) is 0 Å². The number of fused-ring (bicyclic) bond motifs is 1. The van der Waals surface area contributed by atoms with Crippen LogP contribution < -0.4 is 0 Å². The summed E-state index contributed by atoms with van der Waals surface area (Å²) in [5, 5.41) is 1.15. The zero-order chi connectivity index (χ0) is 15.8. The van der Waals surface area contributed by atoms with E-state index < -0.39 is 0 Å². The molecule has 0 spiro atoms. The Morgan fingerprint density at radius 1 is 0.870 bits per heavy atom. The summed E-state index contributed by atoms with van der Waals surface area (Å²) in [5.74, 6) is 0.721. The molecule has 1 aliphatic carbocycles. The molecule has 23 heavy (non-hydrogen) atoms. The van der Waals surface area contributed by atoms with Gasteiger partial charge in [0.05, 0.1) is 11.2 Å². The maximum absolute atomic E-state index is 4.58. The first-order chi connectivity index (χ1) is 11.2. The minimum absolute atomic E-state index is 0.721. The van der Waals surface area contributed by atoms with E-state index in [1.165, 1.54) is 47.9 Å². The minimum atomic E-state index is 0.721. The van der Waals surface area contributed by atoms with Crippen molar-refractivity contribution in [2.45, 2.75) is 45.4 Å². The van der Waals surface area contributed by atoms with E-state index in [-0.39, 0.29) is 0 Å². The van der Waals surface area contributed by atoms with Crippen LogP contribution in [0.5, 0.6) is 0 Å². The number of aromatic nitrogens is 2. The highest BCUT2D eigenvalue weighted by Crippen LogP contribution is 2.36. The van der Waals surface area contributed by atoms with Gasteiger partial charge in [-0.15, -0.1) is 0 Å². The van der Waals surface area contributed by atoms with Gasteiger partial charge in [-0.1, -0.05) is 42.2 Å². The van der Waals surface area contributed by atoms with E-state index in [2.05, 4.69) is 60.2 Å². The van der Waals surface area contributed by atoms with E-state index >= 15 is 0 Å². The maximum Gasteiger partial charge on any atom is 0.116 e. The maximum atomic E-state index is 4.58. The number of hydrogen-bond acceptors (Lipinski definition) is 2. The van der Waals surface area contributed by atoms with Crippen molar-refractivity contribution >= 4 is 10.9 Å². The molecular formula is C21H22N2. The first-order valence-electron chi connectivity index (χ1n) is 8.54. The standard InChI is InChI=1S/C21H22N2/c1-14-9-15(2)11-18(10-14)21-19-8-7-17(16-5-3-4-6-16)12-20(19)22-13-23-21/h7-13,16H,3-6H2,1-2H3. The van der Waals surface area contributed by atoms with Gasteiger partial charge in [0.25, 0.3) is 0 Å². The van der Waals surface area contributed by atoms with Gasteiger partial charge in [-0.3, -0.25) is 0 Å². The van der Waals surface area contributed by atoms with Crippen molar-refractivity contribution in [2.24, 2.45) is 0 Å². The summed E-state index contributed by atoms with van der Waals surface area (Å²) in [4.78, 5) is 9.11. The van der Waals surface area contributed by atoms with Crippen molar-refractivity contribution in [1.29, 1.82) is 0 Å². The Balaban J connectivity index is 1.84. The molecule has 3 aromatic rings. The van der Waals surface area contributed by atoms with E-state index in [1.807, 2.05) is 0 Å². The zero-order valence-electron chi connectivity index (χ0n) is 13.8. The fraction of sp³-hybridized carbons (Fsp3) is 0.333. The number of nitrogens with zero attached hydrogens (tertiary/aromatic N) is 2. The molecule has 0 aliphatic heterocycles. The summed E-state index contributed by atoms with van der Waals surface area (Å²) in [6, 6.07) is 13.4. The highest BCUT2D eigenvalue weighted by molar-refractivity contribution is 5.92. The molecule has 1 fully saturated rings. The van der Waals surface area contributed by atoms with Crippen LogP contribution in [0, 0.1) is 13.8 Å². The van der Waals surface area contributed by atoms with E-state index in [1.54, 1.807) is 6.33 Å². The molecule has 0 N–H and O–H groups in total. The van der Waals surface area contributed by atoms with Gasteiger partial charge in [0.15, 0.2) is 0 Å². The second kappa shape index (κ2) is 5.77. The topological polar surface area (TPSA) is 25.8 Å². The summed E-state index contributed by atoms with van der Waals surface area (Å²) < 4.78 is 0. The molecule has 1 saturated carbocycles. The molecule has 1 aromatic heterocycles. The highest BCUT2D eigenvalue weighted by Gasteiger charge is 2.18.